The number of rotatable bonds is 1. The molecule has 0 aliphatic heterocycles. The van der Waals surface area contributed by atoms with Crippen LogP contribution in [-0.4, -0.2) is 0 Å². The number of nitrogens with zero attached hydrogens (tertiary/aromatic N) is 1. The largest absolute Gasteiger partial charge is 0.201 e. The van der Waals surface area contributed by atoms with Crippen molar-refractivity contribution in [2.75, 3.05) is 0 Å². The highest BCUT2D eigenvalue weighted by Crippen LogP contribution is 2.28. The smallest absolute Gasteiger partial charge is 0.200 e. The molecule has 0 unspecified atom stereocenters. The molecule has 0 spiro atoms. The molecule has 0 saturated carbocycles. The Labute approximate surface area is 68.0 Å². The molecule has 0 heterocycles. The van der Waals surface area contributed by atoms with Gasteiger partial charge >= 0.3 is 0 Å². The van der Waals surface area contributed by atoms with Crippen molar-refractivity contribution < 1.29 is 22.0 Å². The fraction of sp³-hybridized carbons (Fsp3) is 0. The second-order valence-corrected chi connectivity index (χ2v) is 2.01. The van der Waals surface area contributed by atoms with Crippen LogP contribution in [0.2, 0.25) is 0 Å². The predicted octanol–water partition coefficient (Wildman–Crippen LogP) is 2.78. The van der Waals surface area contributed by atoms with Crippen molar-refractivity contribution in [2.24, 2.45) is 5.18 Å². The number of benzene rings is 1. The van der Waals surface area contributed by atoms with Gasteiger partial charge in [0, 0.05) is 0 Å². The van der Waals surface area contributed by atoms with Crippen molar-refractivity contribution >= 4 is 5.69 Å². The van der Waals surface area contributed by atoms with Crippen molar-refractivity contribution in [3.63, 3.8) is 0 Å². The molecule has 1 aromatic rings. The first-order chi connectivity index (χ1) is 6.00. The van der Waals surface area contributed by atoms with E-state index in [0.717, 1.165) is 0 Å². The van der Waals surface area contributed by atoms with Crippen LogP contribution in [0.15, 0.2) is 5.18 Å². The van der Waals surface area contributed by atoms with Crippen LogP contribution in [0.25, 0.3) is 0 Å². The molecule has 70 valence electrons. The van der Waals surface area contributed by atoms with Crippen molar-refractivity contribution in [1.82, 2.24) is 0 Å². The van der Waals surface area contributed by atoms with Crippen LogP contribution in [0, 0.1) is 34.0 Å². The van der Waals surface area contributed by atoms with E-state index < -0.39 is 34.8 Å². The molecule has 0 amide bonds. The average Bonchev–Trinajstić information content (AvgIpc) is 2.13. The van der Waals surface area contributed by atoms with Gasteiger partial charge in [-0.2, -0.15) is 0 Å². The molecule has 0 bridgehead atoms. The maximum atomic E-state index is 12.4. The Morgan fingerprint density at radius 3 is 1.31 bits per heavy atom. The SMILES string of the molecule is O=[15N]c1c(F)c(F)c(F)c(F)c1F. The van der Waals surface area contributed by atoms with Crippen molar-refractivity contribution in [3.05, 3.63) is 34.0 Å². The lowest BCUT2D eigenvalue weighted by Gasteiger charge is -2.00. The first-order valence-corrected chi connectivity index (χ1v) is 2.85. The third-order valence-electron chi connectivity index (χ3n) is 1.28. The fourth-order valence-corrected chi connectivity index (χ4v) is 0.673. The van der Waals surface area contributed by atoms with Gasteiger partial charge in [0.25, 0.3) is 0 Å². The summed E-state index contributed by atoms with van der Waals surface area (Å²) in [6, 6.07) is 0. The Kier molecular flexibility index (Phi) is 2.26. The lowest BCUT2D eigenvalue weighted by atomic mass is 10.2. The quantitative estimate of drug-likeness (QED) is 0.224. The fourth-order valence-electron chi connectivity index (χ4n) is 0.673. The second kappa shape index (κ2) is 3.08. The third-order valence-corrected chi connectivity index (χ3v) is 1.28. The Morgan fingerprint density at radius 1 is 0.692 bits per heavy atom. The molecule has 13 heavy (non-hydrogen) atoms. The summed E-state index contributed by atoms with van der Waals surface area (Å²) in [6.07, 6.45) is 0. The summed E-state index contributed by atoms with van der Waals surface area (Å²) in [5.74, 6) is -11.2. The van der Waals surface area contributed by atoms with Gasteiger partial charge in [-0.15, -0.1) is 4.91 Å². The van der Waals surface area contributed by atoms with Gasteiger partial charge in [-0.05, 0) is 5.18 Å². The molecule has 1 rings (SSSR count). The molecule has 0 aromatic heterocycles. The zero-order valence-corrected chi connectivity index (χ0v) is 5.75. The topological polar surface area (TPSA) is 29.4 Å². The molecule has 2 nitrogen and oxygen atoms in total. The number of hydrogen-bond donors (Lipinski definition) is 0. The minimum Gasteiger partial charge on any atom is -0.201 e. The lowest BCUT2D eigenvalue weighted by molar-refractivity contribution is 0.381. The minimum atomic E-state index is -2.32. The number of hydrogen-bond acceptors (Lipinski definition) is 2. The first kappa shape index (κ1) is 9.56. The summed E-state index contributed by atoms with van der Waals surface area (Å²) >= 11 is 0. The molecular formula is C6F5NO. The summed E-state index contributed by atoms with van der Waals surface area (Å²) in [4.78, 5) is 9.68. The van der Waals surface area contributed by atoms with Gasteiger partial charge in [-0.25, -0.2) is 22.0 Å². The Hall–Kier alpha value is -1.53. The van der Waals surface area contributed by atoms with Gasteiger partial charge in [0.2, 0.25) is 5.82 Å². The summed E-state index contributed by atoms with van der Waals surface area (Å²) in [6.45, 7) is 0. The van der Waals surface area contributed by atoms with Gasteiger partial charge < -0.3 is 0 Å². The van der Waals surface area contributed by atoms with E-state index in [2.05, 4.69) is 0 Å². The first-order valence-electron chi connectivity index (χ1n) is 2.85. The van der Waals surface area contributed by atoms with E-state index in [9.17, 15) is 26.9 Å². The molecule has 0 N–H and O–H groups in total. The average molecular weight is 198 g/mol. The van der Waals surface area contributed by atoms with E-state index in [1.807, 2.05) is 0 Å². The van der Waals surface area contributed by atoms with Crippen molar-refractivity contribution in [3.8, 4) is 0 Å². The van der Waals surface area contributed by atoms with Gasteiger partial charge in [-0.1, -0.05) is 0 Å². The summed E-state index contributed by atoms with van der Waals surface area (Å²) in [7, 11) is 0. The Balaban J connectivity index is 3.66. The van der Waals surface area contributed by atoms with Crippen molar-refractivity contribution in [1.29, 1.82) is 0 Å². The normalized spacial score (nSPS) is 10.2. The van der Waals surface area contributed by atoms with Gasteiger partial charge in [0.15, 0.2) is 29.0 Å². The summed E-state index contributed by atoms with van der Waals surface area (Å²) in [5.41, 5.74) is -1.71. The van der Waals surface area contributed by atoms with E-state index in [1.54, 1.807) is 5.18 Å². The van der Waals surface area contributed by atoms with Crippen LogP contribution >= 0.6 is 0 Å². The number of halogens is 5. The Bertz CT molecular complexity index is 349. The molecule has 7 heteroatoms. The molecule has 0 fully saturated rings. The van der Waals surface area contributed by atoms with Gasteiger partial charge in [0.1, 0.15) is 0 Å². The molecule has 0 radical (unpaired) electrons. The monoisotopic (exact) mass is 198 g/mol. The Morgan fingerprint density at radius 2 is 1.00 bits per heavy atom. The summed E-state index contributed by atoms with van der Waals surface area (Å²) < 4.78 is 61.5. The third kappa shape index (κ3) is 1.25. The maximum absolute atomic E-state index is 12.4. The van der Waals surface area contributed by atoms with Gasteiger partial charge in [0.05, 0.1) is 0 Å². The number of nitroso groups, excluding NO2 is 1. The zero-order chi connectivity index (χ0) is 10.2. The van der Waals surface area contributed by atoms with E-state index in [4.69, 9.17) is 0 Å². The summed E-state index contributed by atoms with van der Waals surface area (Å²) in [5, 5.41) is 1.69. The van der Waals surface area contributed by atoms with Crippen LogP contribution in [-0.2, 0) is 0 Å². The van der Waals surface area contributed by atoms with E-state index in [0.29, 0.717) is 0 Å². The molecule has 0 aliphatic rings. The van der Waals surface area contributed by atoms with Crippen LogP contribution in [0.4, 0.5) is 27.6 Å². The van der Waals surface area contributed by atoms with E-state index in [-0.39, 0.29) is 0 Å². The lowest BCUT2D eigenvalue weighted by Crippen LogP contribution is -2.00. The van der Waals surface area contributed by atoms with Crippen LogP contribution in [0.1, 0.15) is 0 Å². The highest BCUT2D eigenvalue weighted by atomic mass is 19.2. The molecular weight excluding hydrogens is 198 g/mol. The highest BCUT2D eigenvalue weighted by molar-refractivity contribution is 5.41. The van der Waals surface area contributed by atoms with E-state index >= 15 is 0 Å². The predicted molar refractivity (Wildman–Crippen MR) is 31.7 cm³/mol. The second-order valence-electron chi connectivity index (χ2n) is 2.01. The highest BCUT2D eigenvalue weighted by Gasteiger charge is 2.26. The molecule has 1 aromatic carbocycles. The zero-order valence-electron chi connectivity index (χ0n) is 5.75. The maximum Gasteiger partial charge on any atom is 0.200 e. The van der Waals surface area contributed by atoms with Crippen LogP contribution in [0.3, 0.4) is 0 Å². The van der Waals surface area contributed by atoms with Crippen LogP contribution < -0.4 is 0 Å². The van der Waals surface area contributed by atoms with Gasteiger partial charge in [-0.3, -0.25) is 0 Å². The van der Waals surface area contributed by atoms with E-state index in [1.165, 1.54) is 0 Å². The van der Waals surface area contributed by atoms with Crippen LogP contribution in [0.5, 0.6) is 0 Å². The molecule has 0 aliphatic carbocycles. The molecule has 0 atom stereocenters. The molecule has 0 saturated heterocycles. The minimum absolute atomic E-state index is 1.69. The standard InChI is InChI=1S/C6F5NO/c7-1-2(8)4(10)6(12-13)5(11)3(1)9/i12+1. The van der Waals surface area contributed by atoms with Crippen molar-refractivity contribution in [2.45, 2.75) is 0 Å².